The van der Waals surface area contributed by atoms with Crippen molar-refractivity contribution in [1.82, 2.24) is 15.5 Å². The monoisotopic (exact) mass is 505 g/mol. The van der Waals surface area contributed by atoms with E-state index < -0.39 is 11.2 Å². The summed E-state index contributed by atoms with van der Waals surface area (Å²) in [7, 11) is 5.15. The molecule has 28 heavy (non-hydrogen) atoms. The molecular weight excluding hydrogens is 476 g/mol. The maximum Gasteiger partial charge on any atom is 0.243 e. The summed E-state index contributed by atoms with van der Waals surface area (Å²) in [6.07, 6.45) is 3.74. The summed E-state index contributed by atoms with van der Waals surface area (Å²) >= 11 is 0. The van der Waals surface area contributed by atoms with Crippen molar-refractivity contribution in [3.63, 3.8) is 0 Å². The van der Waals surface area contributed by atoms with Crippen LogP contribution in [-0.2, 0) is 9.59 Å². The highest BCUT2D eigenvalue weighted by molar-refractivity contribution is 14.0. The number of halogens is 2. The van der Waals surface area contributed by atoms with E-state index in [4.69, 9.17) is 0 Å². The third-order valence-electron chi connectivity index (χ3n) is 4.76. The highest BCUT2D eigenvalue weighted by atomic mass is 127. The predicted molar refractivity (Wildman–Crippen MR) is 119 cm³/mol. The second kappa shape index (κ2) is 11.2. The van der Waals surface area contributed by atoms with Crippen molar-refractivity contribution in [2.24, 2.45) is 10.4 Å². The van der Waals surface area contributed by atoms with Crippen LogP contribution in [0.3, 0.4) is 0 Å². The first kappa shape index (κ1) is 24.1. The molecule has 1 aliphatic rings. The van der Waals surface area contributed by atoms with Crippen LogP contribution in [0.1, 0.15) is 25.7 Å². The van der Waals surface area contributed by atoms with Gasteiger partial charge in [-0.1, -0.05) is 18.9 Å². The minimum absolute atomic E-state index is 0. The van der Waals surface area contributed by atoms with Gasteiger partial charge in [0, 0.05) is 33.4 Å². The highest BCUT2D eigenvalue weighted by Crippen LogP contribution is 2.38. The topological polar surface area (TPSA) is 85.8 Å². The van der Waals surface area contributed by atoms with Gasteiger partial charge in [0.05, 0.1) is 12.0 Å². The quantitative estimate of drug-likeness (QED) is 0.315. The Hall–Kier alpha value is -1.91. The lowest BCUT2D eigenvalue weighted by Crippen LogP contribution is -2.50. The molecule has 2 amide bonds. The number of benzene rings is 1. The van der Waals surface area contributed by atoms with E-state index in [2.05, 4.69) is 20.9 Å². The summed E-state index contributed by atoms with van der Waals surface area (Å²) in [4.78, 5) is 30.4. The van der Waals surface area contributed by atoms with E-state index in [1.807, 2.05) is 0 Å². The number of anilines is 1. The number of amides is 2. The maximum absolute atomic E-state index is 13.2. The van der Waals surface area contributed by atoms with E-state index >= 15 is 0 Å². The molecule has 2 rings (SSSR count). The molecule has 0 unspecified atom stereocenters. The number of hydrogen-bond donors (Lipinski definition) is 3. The van der Waals surface area contributed by atoms with Crippen molar-refractivity contribution >= 4 is 47.4 Å². The lowest BCUT2D eigenvalue weighted by molar-refractivity contribution is -0.138. The number of nitrogens with zero attached hydrogens (tertiary/aromatic N) is 2. The van der Waals surface area contributed by atoms with Gasteiger partial charge < -0.3 is 20.9 Å². The molecule has 0 atom stereocenters. The van der Waals surface area contributed by atoms with Crippen molar-refractivity contribution in [2.45, 2.75) is 25.7 Å². The van der Waals surface area contributed by atoms with Gasteiger partial charge in [0.2, 0.25) is 11.8 Å². The summed E-state index contributed by atoms with van der Waals surface area (Å²) in [5, 5.41) is 8.70. The minimum atomic E-state index is -0.426. The molecule has 3 N–H and O–H groups in total. The summed E-state index contributed by atoms with van der Waals surface area (Å²) in [6, 6.07) is 5.71. The Balaban J connectivity index is 0.00000392. The Labute approximate surface area is 182 Å². The zero-order chi connectivity index (χ0) is 19.9. The van der Waals surface area contributed by atoms with E-state index in [0.29, 0.717) is 18.2 Å². The zero-order valence-electron chi connectivity index (χ0n) is 16.5. The highest BCUT2D eigenvalue weighted by Gasteiger charge is 2.42. The molecule has 1 fully saturated rings. The molecule has 7 nitrogen and oxygen atoms in total. The molecule has 0 heterocycles. The lowest BCUT2D eigenvalue weighted by atomic mass is 9.84. The average Bonchev–Trinajstić information content (AvgIpc) is 3.11. The summed E-state index contributed by atoms with van der Waals surface area (Å²) < 4.78 is 13.2. The van der Waals surface area contributed by atoms with Gasteiger partial charge >= 0.3 is 0 Å². The van der Waals surface area contributed by atoms with Gasteiger partial charge in [0.1, 0.15) is 5.82 Å². The molecule has 1 aliphatic carbocycles. The van der Waals surface area contributed by atoms with Crippen LogP contribution in [0.15, 0.2) is 29.3 Å². The van der Waals surface area contributed by atoms with Crippen LogP contribution in [0, 0.1) is 11.2 Å². The van der Waals surface area contributed by atoms with Crippen LogP contribution in [0.25, 0.3) is 0 Å². The van der Waals surface area contributed by atoms with Crippen LogP contribution < -0.4 is 16.0 Å². The van der Waals surface area contributed by atoms with E-state index in [1.165, 1.54) is 18.2 Å². The average molecular weight is 505 g/mol. The molecule has 1 aromatic rings. The molecule has 0 aromatic heterocycles. The molecule has 156 valence electrons. The summed E-state index contributed by atoms with van der Waals surface area (Å²) in [5.41, 5.74) is -0.0310. The number of rotatable bonds is 6. The number of aliphatic imine (C=N–C) groups is 1. The van der Waals surface area contributed by atoms with Gasteiger partial charge in [-0.25, -0.2) is 4.39 Å². The second-order valence-electron chi connectivity index (χ2n) is 7.02. The summed E-state index contributed by atoms with van der Waals surface area (Å²) in [6.45, 7) is 0.444. The molecule has 9 heteroatoms. The first-order chi connectivity index (χ1) is 12.9. The van der Waals surface area contributed by atoms with Crippen LogP contribution in [-0.4, -0.2) is 56.9 Å². The maximum atomic E-state index is 13.2. The largest absolute Gasteiger partial charge is 0.355 e. The van der Waals surface area contributed by atoms with Crippen molar-refractivity contribution in [2.75, 3.05) is 39.5 Å². The first-order valence-corrected chi connectivity index (χ1v) is 9.08. The Kier molecular flexibility index (Phi) is 9.63. The smallest absolute Gasteiger partial charge is 0.243 e. The van der Waals surface area contributed by atoms with Gasteiger partial charge in [0.15, 0.2) is 5.96 Å². The first-order valence-electron chi connectivity index (χ1n) is 9.08. The number of carbonyl (C=O) groups excluding carboxylic acids is 2. The normalized spacial score (nSPS) is 15.4. The Bertz CT molecular complexity index is 705. The van der Waals surface area contributed by atoms with Gasteiger partial charge in [-0.3, -0.25) is 14.6 Å². The van der Waals surface area contributed by atoms with Gasteiger partial charge in [-0.2, -0.15) is 0 Å². The number of carbonyl (C=O) groups is 2. The number of hydrogen-bond acceptors (Lipinski definition) is 3. The van der Waals surface area contributed by atoms with E-state index in [-0.39, 0.29) is 42.3 Å². The third-order valence-corrected chi connectivity index (χ3v) is 4.76. The number of nitrogens with one attached hydrogen (secondary N) is 3. The molecule has 0 radical (unpaired) electrons. The predicted octanol–water partition coefficient (Wildman–Crippen LogP) is 2.20. The van der Waals surface area contributed by atoms with E-state index in [9.17, 15) is 14.0 Å². The van der Waals surface area contributed by atoms with Crippen LogP contribution in [0.5, 0.6) is 0 Å². The fourth-order valence-electron chi connectivity index (χ4n) is 3.40. The standard InChI is InChI=1S/C19H28FN5O2.HI/c1-21-18(22-12-16(26)24-15-8-6-7-14(20)11-15)23-13-19(9-4-5-10-19)17(27)25(2)3;/h6-8,11H,4-5,9-10,12-13H2,1-3H3,(H,24,26)(H2,21,22,23);1H. The van der Waals surface area contributed by atoms with Crippen molar-refractivity contribution in [3.05, 3.63) is 30.1 Å². The van der Waals surface area contributed by atoms with Crippen LogP contribution in [0.2, 0.25) is 0 Å². The Morgan fingerprint density at radius 3 is 2.46 bits per heavy atom. The molecule has 0 bridgehead atoms. The number of guanidine groups is 1. The molecule has 0 aliphatic heterocycles. The van der Waals surface area contributed by atoms with Crippen LogP contribution in [0.4, 0.5) is 10.1 Å². The summed E-state index contributed by atoms with van der Waals surface area (Å²) in [5.74, 6) is -0.164. The van der Waals surface area contributed by atoms with Gasteiger partial charge in [0.25, 0.3) is 0 Å². The molecule has 0 spiro atoms. The fraction of sp³-hybridized carbons (Fsp3) is 0.526. The van der Waals surface area contributed by atoms with Crippen molar-refractivity contribution < 1.29 is 14.0 Å². The Morgan fingerprint density at radius 1 is 1.21 bits per heavy atom. The van der Waals surface area contributed by atoms with Gasteiger partial charge in [-0.15, -0.1) is 24.0 Å². The van der Waals surface area contributed by atoms with Crippen molar-refractivity contribution in [3.8, 4) is 0 Å². The van der Waals surface area contributed by atoms with Crippen LogP contribution >= 0.6 is 24.0 Å². The molecule has 1 aromatic carbocycles. The molecule has 1 saturated carbocycles. The SMILES string of the molecule is CN=C(NCC(=O)Nc1cccc(F)c1)NCC1(C(=O)N(C)C)CCCC1.I. The second-order valence-corrected chi connectivity index (χ2v) is 7.02. The van der Waals surface area contributed by atoms with Crippen molar-refractivity contribution in [1.29, 1.82) is 0 Å². The minimum Gasteiger partial charge on any atom is -0.355 e. The molecular formula is C19H29FIN5O2. The Morgan fingerprint density at radius 2 is 1.89 bits per heavy atom. The molecule has 0 saturated heterocycles. The zero-order valence-corrected chi connectivity index (χ0v) is 18.9. The third kappa shape index (κ3) is 6.61. The van der Waals surface area contributed by atoms with Gasteiger partial charge in [-0.05, 0) is 31.0 Å². The van der Waals surface area contributed by atoms with E-state index in [1.54, 1.807) is 32.1 Å². The lowest BCUT2D eigenvalue weighted by Gasteiger charge is -2.31. The van der Waals surface area contributed by atoms with E-state index in [0.717, 1.165) is 25.7 Å². The fourth-order valence-corrected chi connectivity index (χ4v) is 3.40.